The molecule has 5 heteroatoms. The first-order valence-corrected chi connectivity index (χ1v) is 7.56. The van der Waals surface area contributed by atoms with Crippen LogP contribution in [0.5, 0.6) is 5.75 Å². The molecule has 0 amide bonds. The molecule has 3 rings (SSSR count). The van der Waals surface area contributed by atoms with Crippen LogP contribution >= 0.6 is 24.8 Å². The summed E-state index contributed by atoms with van der Waals surface area (Å²) in [6, 6.07) is 10.9. The second kappa shape index (κ2) is 9.52. The predicted molar refractivity (Wildman–Crippen MR) is 92.0 cm³/mol. The Kier molecular flexibility index (Phi) is 8.42. The highest BCUT2D eigenvalue weighted by atomic mass is 35.5. The Morgan fingerprint density at radius 3 is 2.71 bits per heavy atom. The maximum absolute atomic E-state index is 5.73. The molecule has 2 fully saturated rings. The lowest BCUT2D eigenvalue weighted by Gasteiger charge is -2.22. The maximum Gasteiger partial charge on any atom is 0.119 e. The Bertz CT molecular complexity index is 391. The zero-order valence-electron chi connectivity index (χ0n) is 12.4. The van der Waals surface area contributed by atoms with E-state index >= 15 is 0 Å². The van der Waals surface area contributed by atoms with E-state index in [0.29, 0.717) is 0 Å². The molecular weight excluding hydrogens is 307 g/mol. The molecule has 0 aliphatic carbocycles. The molecule has 0 radical (unpaired) electrons. The van der Waals surface area contributed by atoms with Crippen molar-refractivity contribution >= 4 is 24.8 Å². The zero-order chi connectivity index (χ0) is 12.9. The van der Waals surface area contributed by atoms with Gasteiger partial charge in [-0.25, -0.2) is 0 Å². The molecule has 0 aromatic heterocycles. The first-order valence-electron chi connectivity index (χ1n) is 7.56. The molecule has 2 aliphatic heterocycles. The smallest absolute Gasteiger partial charge is 0.119 e. The van der Waals surface area contributed by atoms with Gasteiger partial charge in [0.1, 0.15) is 5.75 Å². The number of ether oxygens (including phenoxy) is 1. The Labute approximate surface area is 140 Å². The quantitative estimate of drug-likeness (QED) is 0.810. The van der Waals surface area contributed by atoms with Gasteiger partial charge in [-0.3, -0.25) is 4.90 Å². The number of hydrogen-bond donors (Lipinski definition) is 1. The number of fused-ring (bicyclic) bond motifs is 1. The highest BCUT2D eigenvalue weighted by Crippen LogP contribution is 2.27. The molecule has 0 unspecified atom stereocenters. The van der Waals surface area contributed by atoms with Crippen LogP contribution in [0.3, 0.4) is 0 Å². The number of rotatable bonds is 6. The van der Waals surface area contributed by atoms with E-state index in [2.05, 4.69) is 10.2 Å². The van der Waals surface area contributed by atoms with E-state index in [-0.39, 0.29) is 24.8 Å². The van der Waals surface area contributed by atoms with Crippen molar-refractivity contribution in [3.63, 3.8) is 0 Å². The van der Waals surface area contributed by atoms with Gasteiger partial charge in [-0.05, 0) is 56.9 Å². The van der Waals surface area contributed by atoms with Gasteiger partial charge in [0.05, 0.1) is 6.61 Å². The summed E-state index contributed by atoms with van der Waals surface area (Å²) in [5.74, 6) is 1.91. The Balaban J connectivity index is 0.00000110. The van der Waals surface area contributed by atoms with Crippen LogP contribution < -0.4 is 10.1 Å². The summed E-state index contributed by atoms with van der Waals surface area (Å²) < 4.78 is 5.73. The summed E-state index contributed by atoms with van der Waals surface area (Å²) in [5, 5.41) is 3.51. The van der Waals surface area contributed by atoms with Crippen molar-refractivity contribution in [2.75, 3.05) is 32.8 Å². The minimum Gasteiger partial charge on any atom is -0.494 e. The number of nitrogens with zero attached hydrogens (tertiary/aromatic N) is 1. The van der Waals surface area contributed by atoms with Crippen molar-refractivity contribution in [2.24, 2.45) is 5.92 Å². The molecule has 2 saturated heterocycles. The number of para-hydroxylation sites is 1. The summed E-state index contributed by atoms with van der Waals surface area (Å²) in [6.45, 7) is 5.81. The van der Waals surface area contributed by atoms with Crippen LogP contribution in [0, 0.1) is 5.92 Å². The molecule has 3 nitrogen and oxygen atoms in total. The number of benzene rings is 1. The van der Waals surface area contributed by atoms with Gasteiger partial charge in [0.2, 0.25) is 0 Å². The van der Waals surface area contributed by atoms with Gasteiger partial charge in [-0.15, -0.1) is 24.8 Å². The third-order valence-electron chi connectivity index (χ3n) is 4.41. The summed E-state index contributed by atoms with van der Waals surface area (Å²) in [6.07, 6.45) is 3.78. The van der Waals surface area contributed by atoms with E-state index < -0.39 is 0 Å². The molecule has 0 saturated carbocycles. The second-order valence-electron chi connectivity index (χ2n) is 5.68. The van der Waals surface area contributed by atoms with E-state index in [1.165, 1.54) is 39.0 Å². The van der Waals surface area contributed by atoms with Crippen LogP contribution in [0.4, 0.5) is 0 Å². The molecule has 2 heterocycles. The molecule has 1 N–H and O–H groups in total. The summed E-state index contributed by atoms with van der Waals surface area (Å²) in [4.78, 5) is 2.67. The SMILES string of the molecule is Cl.Cl.c1ccc(OCCCCN2CC[C@H]3CNC[C@H]32)cc1. The molecule has 2 atom stereocenters. The van der Waals surface area contributed by atoms with E-state index in [1.54, 1.807) is 0 Å². The normalized spacial score (nSPS) is 24.0. The minimum absolute atomic E-state index is 0. The van der Waals surface area contributed by atoms with E-state index in [0.717, 1.165) is 30.7 Å². The topological polar surface area (TPSA) is 24.5 Å². The predicted octanol–water partition coefficient (Wildman–Crippen LogP) is 2.98. The van der Waals surface area contributed by atoms with Crippen molar-refractivity contribution in [1.29, 1.82) is 0 Å². The van der Waals surface area contributed by atoms with Gasteiger partial charge >= 0.3 is 0 Å². The molecule has 0 spiro atoms. The molecule has 120 valence electrons. The maximum atomic E-state index is 5.73. The Hall–Kier alpha value is -0.480. The lowest BCUT2D eigenvalue weighted by atomic mass is 10.1. The fourth-order valence-corrected chi connectivity index (χ4v) is 3.34. The Morgan fingerprint density at radius 2 is 1.90 bits per heavy atom. The van der Waals surface area contributed by atoms with Crippen LogP contribution in [0.1, 0.15) is 19.3 Å². The second-order valence-corrected chi connectivity index (χ2v) is 5.68. The van der Waals surface area contributed by atoms with Crippen LogP contribution in [0.25, 0.3) is 0 Å². The van der Waals surface area contributed by atoms with Gasteiger partial charge in [-0.2, -0.15) is 0 Å². The molecule has 1 aromatic carbocycles. The highest BCUT2D eigenvalue weighted by Gasteiger charge is 2.36. The number of halogens is 2. The van der Waals surface area contributed by atoms with Gasteiger partial charge in [0, 0.05) is 12.6 Å². The van der Waals surface area contributed by atoms with E-state index in [4.69, 9.17) is 4.74 Å². The first-order chi connectivity index (χ1) is 9.43. The molecule has 21 heavy (non-hydrogen) atoms. The van der Waals surface area contributed by atoms with Crippen LogP contribution in [0.15, 0.2) is 30.3 Å². The van der Waals surface area contributed by atoms with Crippen molar-refractivity contribution in [3.8, 4) is 5.75 Å². The van der Waals surface area contributed by atoms with Crippen molar-refractivity contribution in [1.82, 2.24) is 10.2 Å². The molecular formula is C16H26Cl2N2O. The van der Waals surface area contributed by atoms with Gasteiger partial charge in [0.25, 0.3) is 0 Å². The highest BCUT2D eigenvalue weighted by molar-refractivity contribution is 5.85. The van der Waals surface area contributed by atoms with Crippen molar-refractivity contribution in [3.05, 3.63) is 30.3 Å². The van der Waals surface area contributed by atoms with E-state index in [1.807, 2.05) is 30.3 Å². The number of nitrogens with one attached hydrogen (secondary N) is 1. The standard InChI is InChI=1S/C16H24N2O.2ClH/c1-2-6-15(7-3-1)19-11-5-4-9-18-10-8-14-12-17-13-16(14)18;;/h1-3,6-7,14,16-17H,4-5,8-13H2;2*1H/t14-,16+;;/m0../s1. The number of unbranched alkanes of at least 4 members (excludes halogenated alkanes) is 1. The lowest BCUT2D eigenvalue weighted by Crippen LogP contribution is -2.34. The molecule has 2 aliphatic rings. The molecule has 1 aromatic rings. The fourth-order valence-electron chi connectivity index (χ4n) is 3.34. The molecule has 0 bridgehead atoms. The minimum atomic E-state index is 0. The third kappa shape index (κ3) is 5.03. The van der Waals surface area contributed by atoms with Gasteiger partial charge in [-0.1, -0.05) is 18.2 Å². The lowest BCUT2D eigenvalue weighted by molar-refractivity contribution is 0.234. The van der Waals surface area contributed by atoms with Gasteiger partial charge in [0.15, 0.2) is 0 Å². The summed E-state index contributed by atoms with van der Waals surface area (Å²) in [5.41, 5.74) is 0. The summed E-state index contributed by atoms with van der Waals surface area (Å²) >= 11 is 0. The third-order valence-corrected chi connectivity index (χ3v) is 4.41. The Morgan fingerprint density at radius 1 is 1.10 bits per heavy atom. The van der Waals surface area contributed by atoms with E-state index in [9.17, 15) is 0 Å². The summed E-state index contributed by atoms with van der Waals surface area (Å²) in [7, 11) is 0. The van der Waals surface area contributed by atoms with Crippen LogP contribution in [-0.2, 0) is 0 Å². The number of likely N-dealkylation sites (tertiary alicyclic amines) is 1. The average Bonchev–Trinajstić information content (AvgIpc) is 3.04. The first kappa shape index (κ1) is 18.6. The largest absolute Gasteiger partial charge is 0.494 e. The number of hydrogen-bond acceptors (Lipinski definition) is 3. The van der Waals surface area contributed by atoms with Gasteiger partial charge < -0.3 is 10.1 Å². The zero-order valence-corrected chi connectivity index (χ0v) is 14.0. The van der Waals surface area contributed by atoms with Crippen LogP contribution in [0.2, 0.25) is 0 Å². The fraction of sp³-hybridized carbons (Fsp3) is 0.625. The monoisotopic (exact) mass is 332 g/mol. The van der Waals surface area contributed by atoms with Crippen molar-refractivity contribution < 1.29 is 4.74 Å². The average molecular weight is 333 g/mol. The van der Waals surface area contributed by atoms with Crippen LogP contribution in [-0.4, -0.2) is 43.7 Å². The van der Waals surface area contributed by atoms with Crippen molar-refractivity contribution in [2.45, 2.75) is 25.3 Å².